The van der Waals surface area contributed by atoms with Crippen molar-refractivity contribution in [1.29, 1.82) is 0 Å². The fourth-order valence-corrected chi connectivity index (χ4v) is 5.76. The number of hydrogen-bond acceptors (Lipinski definition) is 3. The molecule has 2 unspecified atom stereocenters. The molecule has 20 heavy (non-hydrogen) atoms. The van der Waals surface area contributed by atoms with Gasteiger partial charge in [-0.25, -0.2) is 0 Å². The summed E-state index contributed by atoms with van der Waals surface area (Å²) >= 11 is 0. The Morgan fingerprint density at radius 2 is 1.75 bits per heavy atom. The first-order chi connectivity index (χ1) is 9.35. The minimum Gasteiger partial charge on any atom is -0.379 e. The number of Topliss-reactive ketones (excluding diaryl/α,β-unsaturated/α-hetero) is 1. The van der Waals surface area contributed by atoms with Gasteiger partial charge in [0, 0.05) is 29.5 Å². The van der Waals surface area contributed by atoms with E-state index in [0.29, 0.717) is 11.7 Å². The van der Waals surface area contributed by atoms with Gasteiger partial charge in [0.1, 0.15) is 5.78 Å². The van der Waals surface area contributed by atoms with Gasteiger partial charge in [0.25, 0.3) is 0 Å². The molecule has 0 spiro atoms. The molecule has 1 saturated heterocycles. The van der Waals surface area contributed by atoms with Gasteiger partial charge in [-0.05, 0) is 18.8 Å². The lowest BCUT2D eigenvalue weighted by atomic mass is 9.61. The van der Waals surface area contributed by atoms with E-state index in [9.17, 15) is 4.79 Å². The van der Waals surface area contributed by atoms with E-state index < -0.39 is 0 Å². The summed E-state index contributed by atoms with van der Waals surface area (Å²) in [5, 5.41) is 0. The molecule has 2 atom stereocenters. The number of nitrogens with zero attached hydrogens (tertiary/aromatic N) is 1. The average molecular weight is 279 g/mol. The van der Waals surface area contributed by atoms with Crippen LogP contribution in [0.4, 0.5) is 0 Å². The first-order valence-corrected chi connectivity index (χ1v) is 8.23. The van der Waals surface area contributed by atoms with Gasteiger partial charge in [0.2, 0.25) is 0 Å². The molecule has 2 saturated carbocycles. The van der Waals surface area contributed by atoms with Crippen LogP contribution in [0.2, 0.25) is 0 Å². The summed E-state index contributed by atoms with van der Waals surface area (Å²) < 4.78 is 5.56. The molecule has 0 bridgehead atoms. The lowest BCUT2D eigenvalue weighted by Crippen LogP contribution is -2.63. The van der Waals surface area contributed by atoms with E-state index >= 15 is 0 Å². The van der Waals surface area contributed by atoms with Gasteiger partial charge in [0.15, 0.2) is 0 Å². The van der Waals surface area contributed by atoms with Crippen molar-refractivity contribution in [3.05, 3.63) is 0 Å². The normalized spacial score (nSPS) is 40.6. The van der Waals surface area contributed by atoms with Crippen molar-refractivity contribution >= 4 is 5.78 Å². The molecule has 0 N–H and O–H groups in total. The highest BCUT2D eigenvalue weighted by Crippen LogP contribution is 2.63. The van der Waals surface area contributed by atoms with E-state index in [1.165, 1.54) is 25.7 Å². The molecule has 0 amide bonds. The topological polar surface area (TPSA) is 29.5 Å². The Labute approximate surface area is 123 Å². The number of ketones is 1. The first kappa shape index (κ1) is 14.5. The van der Waals surface area contributed by atoms with Gasteiger partial charge in [0.05, 0.1) is 13.2 Å². The van der Waals surface area contributed by atoms with E-state index in [4.69, 9.17) is 4.74 Å². The van der Waals surface area contributed by atoms with Crippen LogP contribution in [0.15, 0.2) is 0 Å². The van der Waals surface area contributed by atoms with Gasteiger partial charge in [-0.3, -0.25) is 9.69 Å². The van der Waals surface area contributed by atoms with E-state index in [1.807, 2.05) is 0 Å². The van der Waals surface area contributed by atoms with E-state index in [-0.39, 0.29) is 16.4 Å². The number of carbonyl (C=O) groups is 1. The zero-order valence-corrected chi connectivity index (χ0v) is 13.5. The summed E-state index contributed by atoms with van der Waals surface area (Å²) in [5.74, 6) is 0.979. The Balaban J connectivity index is 2.09. The largest absolute Gasteiger partial charge is 0.379 e. The lowest BCUT2D eigenvalue weighted by molar-refractivity contribution is -0.136. The molecule has 0 aromatic carbocycles. The maximum atomic E-state index is 13.1. The summed E-state index contributed by atoms with van der Waals surface area (Å²) in [6.45, 7) is 12.4. The van der Waals surface area contributed by atoms with E-state index in [2.05, 4.69) is 32.6 Å². The molecule has 0 radical (unpaired) electrons. The Morgan fingerprint density at radius 1 is 1.10 bits per heavy atom. The van der Waals surface area contributed by atoms with Crippen molar-refractivity contribution in [2.24, 2.45) is 16.7 Å². The third kappa shape index (κ3) is 1.62. The second-order valence-corrected chi connectivity index (χ2v) is 8.00. The highest BCUT2D eigenvalue weighted by atomic mass is 16.5. The zero-order valence-electron chi connectivity index (χ0n) is 13.5. The van der Waals surface area contributed by atoms with Crippen LogP contribution in [0.3, 0.4) is 0 Å². The molecule has 114 valence electrons. The Hall–Kier alpha value is -0.410. The number of rotatable bonds is 1. The zero-order chi connectivity index (χ0) is 14.6. The van der Waals surface area contributed by atoms with Crippen LogP contribution in [0, 0.1) is 16.7 Å². The van der Waals surface area contributed by atoms with Crippen molar-refractivity contribution in [3.8, 4) is 0 Å². The van der Waals surface area contributed by atoms with Crippen LogP contribution in [0.5, 0.6) is 0 Å². The first-order valence-electron chi connectivity index (χ1n) is 8.23. The monoisotopic (exact) mass is 279 g/mol. The number of morpholine rings is 1. The van der Waals surface area contributed by atoms with Gasteiger partial charge < -0.3 is 4.74 Å². The van der Waals surface area contributed by atoms with Gasteiger partial charge in [-0.15, -0.1) is 0 Å². The standard InChI is InChI=1S/C17H29NO2/c1-15(2)13-7-5-6-8-17(13,16(3,4)14(15)19)18-9-11-20-12-10-18/h13H,5-12H2,1-4H3. The maximum Gasteiger partial charge on any atom is 0.146 e. The molecule has 3 rings (SSSR count). The number of carbonyl (C=O) groups excluding carboxylic acids is 1. The number of ether oxygens (including phenoxy) is 1. The Bertz CT molecular complexity index is 409. The van der Waals surface area contributed by atoms with Crippen LogP contribution in [0.1, 0.15) is 53.4 Å². The predicted octanol–water partition coefficient (Wildman–Crippen LogP) is 2.88. The summed E-state index contributed by atoms with van der Waals surface area (Å²) in [4.78, 5) is 15.7. The summed E-state index contributed by atoms with van der Waals surface area (Å²) in [5.41, 5.74) is -0.350. The van der Waals surface area contributed by atoms with Crippen molar-refractivity contribution in [3.63, 3.8) is 0 Å². The molecular formula is C17H29NO2. The predicted molar refractivity (Wildman–Crippen MR) is 79.7 cm³/mol. The van der Waals surface area contributed by atoms with Gasteiger partial charge in [-0.1, -0.05) is 40.5 Å². The minimum absolute atomic E-state index is 0.0651. The maximum absolute atomic E-state index is 13.1. The fraction of sp³-hybridized carbons (Fsp3) is 0.941. The fourth-order valence-electron chi connectivity index (χ4n) is 5.76. The third-order valence-corrected chi connectivity index (χ3v) is 6.56. The van der Waals surface area contributed by atoms with Crippen LogP contribution < -0.4 is 0 Å². The third-order valence-electron chi connectivity index (χ3n) is 6.56. The van der Waals surface area contributed by atoms with Gasteiger partial charge >= 0.3 is 0 Å². The van der Waals surface area contributed by atoms with Crippen LogP contribution in [-0.2, 0) is 9.53 Å². The summed E-state index contributed by atoms with van der Waals surface area (Å²) in [6, 6.07) is 0. The molecule has 3 fully saturated rings. The van der Waals surface area contributed by atoms with Crippen molar-refractivity contribution in [1.82, 2.24) is 4.90 Å². The van der Waals surface area contributed by atoms with Crippen molar-refractivity contribution in [2.45, 2.75) is 58.9 Å². The lowest BCUT2D eigenvalue weighted by Gasteiger charge is -2.56. The molecule has 3 aliphatic rings. The van der Waals surface area contributed by atoms with Crippen molar-refractivity contribution < 1.29 is 9.53 Å². The van der Waals surface area contributed by atoms with Crippen LogP contribution in [-0.4, -0.2) is 42.5 Å². The summed E-state index contributed by atoms with van der Waals surface area (Å²) in [6.07, 6.45) is 4.93. The van der Waals surface area contributed by atoms with E-state index in [0.717, 1.165) is 26.3 Å². The highest BCUT2D eigenvalue weighted by molar-refractivity contribution is 5.94. The van der Waals surface area contributed by atoms with Crippen LogP contribution in [0.25, 0.3) is 0 Å². The van der Waals surface area contributed by atoms with Crippen LogP contribution >= 0.6 is 0 Å². The van der Waals surface area contributed by atoms with Crippen molar-refractivity contribution in [2.75, 3.05) is 26.3 Å². The molecular weight excluding hydrogens is 250 g/mol. The SMILES string of the molecule is CC1(C)C(=O)C(C)(C)C2(N3CCOCC3)CCCCC12. The molecule has 2 aliphatic carbocycles. The highest BCUT2D eigenvalue weighted by Gasteiger charge is 2.69. The Morgan fingerprint density at radius 3 is 2.40 bits per heavy atom. The number of hydrogen-bond donors (Lipinski definition) is 0. The molecule has 3 nitrogen and oxygen atoms in total. The second-order valence-electron chi connectivity index (χ2n) is 8.00. The second kappa shape index (κ2) is 4.54. The minimum atomic E-state index is -0.237. The van der Waals surface area contributed by atoms with E-state index in [1.54, 1.807) is 0 Å². The molecule has 1 heterocycles. The molecule has 0 aromatic heterocycles. The molecule has 0 aromatic rings. The molecule has 3 heteroatoms. The smallest absolute Gasteiger partial charge is 0.146 e. The average Bonchev–Trinajstić information content (AvgIpc) is 2.58. The number of fused-ring (bicyclic) bond motifs is 1. The summed E-state index contributed by atoms with van der Waals surface area (Å²) in [7, 11) is 0. The molecule has 1 aliphatic heterocycles. The van der Waals surface area contributed by atoms with Gasteiger partial charge in [-0.2, -0.15) is 0 Å². The quantitative estimate of drug-likeness (QED) is 0.739. The Kier molecular flexibility index (Phi) is 3.30.